The topological polar surface area (TPSA) is 69.3 Å². The normalized spacial score (nSPS) is 14.4. The van der Waals surface area contributed by atoms with Crippen molar-refractivity contribution < 1.29 is 23.7 Å². The third-order valence-corrected chi connectivity index (χ3v) is 6.55. The van der Waals surface area contributed by atoms with Crippen molar-refractivity contribution in [2.45, 2.75) is 19.4 Å². The fourth-order valence-corrected chi connectivity index (χ4v) is 4.69. The van der Waals surface area contributed by atoms with E-state index >= 15 is 0 Å². The number of aryl methyl sites for hydroxylation is 1. The molecule has 4 rings (SSSR count). The lowest BCUT2D eigenvalue weighted by Gasteiger charge is -2.39. The van der Waals surface area contributed by atoms with Gasteiger partial charge in [-0.3, -0.25) is 0 Å². The van der Waals surface area contributed by atoms with Gasteiger partial charge in [0.05, 0.1) is 32.9 Å². The first-order chi connectivity index (χ1) is 17.4. The molecule has 1 atom stereocenters. The highest BCUT2D eigenvalue weighted by atomic mass is 32.1. The number of thiocarbonyl (C=S) groups is 1. The van der Waals surface area contributed by atoms with Crippen LogP contribution < -0.4 is 19.5 Å². The first-order valence-corrected chi connectivity index (χ1v) is 12.0. The predicted molar refractivity (Wildman–Crippen MR) is 143 cm³/mol. The lowest BCUT2D eigenvalue weighted by Crippen LogP contribution is -2.44. The molecule has 0 fully saturated rings. The van der Waals surface area contributed by atoms with Crippen molar-refractivity contribution in [1.82, 2.24) is 4.90 Å². The minimum Gasteiger partial charge on any atom is -0.493 e. The van der Waals surface area contributed by atoms with Crippen LogP contribution >= 0.6 is 12.2 Å². The van der Waals surface area contributed by atoms with Crippen molar-refractivity contribution in [3.63, 3.8) is 0 Å². The number of rotatable bonds is 7. The molecule has 0 saturated carbocycles. The minimum absolute atomic E-state index is 0.168. The number of ether oxygens (including phenoxy) is 4. The van der Waals surface area contributed by atoms with Gasteiger partial charge in [-0.05, 0) is 90.8 Å². The Morgan fingerprint density at radius 2 is 1.75 bits per heavy atom. The van der Waals surface area contributed by atoms with E-state index in [1.165, 1.54) is 7.11 Å². The van der Waals surface area contributed by atoms with Gasteiger partial charge in [0.25, 0.3) is 0 Å². The van der Waals surface area contributed by atoms with Gasteiger partial charge < -0.3 is 29.2 Å². The number of esters is 1. The van der Waals surface area contributed by atoms with E-state index in [1.807, 2.05) is 37.3 Å². The molecule has 7 nitrogen and oxygen atoms in total. The number of hydrogen-bond donors (Lipinski definition) is 1. The summed E-state index contributed by atoms with van der Waals surface area (Å²) in [4.78, 5) is 13.9. The molecule has 3 aromatic rings. The van der Waals surface area contributed by atoms with Crippen molar-refractivity contribution >= 4 is 29.0 Å². The summed E-state index contributed by atoms with van der Waals surface area (Å²) >= 11 is 5.86. The maximum Gasteiger partial charge on any atom is 0.337 e. The second-order valence-corrected chi connectivity index (χ2v) is 8.88. The quantitative estimate of drug-likeness (QED) is 0.348. The second kappa shape index (κ2) is 11.3. The van der Waals surface area contributed by atoms with Gasteiger partial charge >= 0.3 is 5.97 Å². The van der Waals surface area contributed by atoms with Crippen molar-refractivity contribution in [3.05, 3.63) is 82.9 Å². The number of carbonyl (C=O) groups excluding carboxylic acids is 1. The van der Waals surface area contributed by atoms with Gasteiger partial charge in [0, 0.05) is 12.2 Å². The summed E-state index contributed by atoms with van der Waals surface area (Å²) < 4.78 is 22.1. The number of methoxy groups -OCH3 is 3. The van der Waals surface area contributed by atoms with Crippen LogP contribution in [0.2, 0.25) is 0 Å². The lowest BCUT2D eigenvalue weighted by molar-refractivity contribution is 0.0600. The Labute approximate surface area is 216 Å². The van der Waals surface area contributed by atoms with E-state index in [0.29, 0.717) is 34.5 Å². The molecule has 0 aliphatic carbocycles. The van der Waals surface area contributed by atoms with E-state index in [2.05, 4.69) is 16.3 Å². The van der Waals surface area contributed by atoms with Crippen LogP contribution in [0, 0.1) is 6.92 Å². The maximum atomic E-state index is 11.8. The average molecular weight is 507 g/mol. The molecule has 1 heterocycles. The molecule has 1 N–H and O–H groups in total. The van der Waals surface area contributed by atoms with Crippen LogP contribution in [-0.2, 0) is 11.2 Å². The van der Waals surface area contributed by atoms with E-state index in [-0.39, 0.29) is 12.0 Å². The molecule has 1 aliphatic heterocycles. The first kappa shape index (κ1) is 25.3. The molecule has 3 aromatic carbocycles. The molecule has 0 bridgehead atoms. The highest BCUT2D eigenvalue weighted by molar-refractivity contribution is 7.80. The average Bonchev–Trinajstić information content (AvgIpc) is 2.90. The molecule has 0 unspecified atom stereocenters. The van der Waals surface area contributed by atoms with Gasteiger partial charge in [0.1, 0.15) is 12.4 Å². The molecule has 0 spiro atoms. The third kappa shape index (κ3) is 5.54. The number of nitrogens with zero attached hydrogens (tertiary/aromatic N) is 1. The highest BCUT2D eigenvalue weighted by Gasteiger charge is 2.31. The van der Waals surface area contributed by atoms with Gasteiger partial charge in [-0.1, -0.05) is 12.1 Å². The van der Waals surface area contributed by atoms with Crippen LogP contribution in [0.1, 0.15) is 33.1 Å². The van der Waals surface area contributed by atoms with Gasteiger partial charge in [0.15, 0.2) is 16.6 Å². The molecule has 0 amide bonds. The van der Waals surface area contributed by atoms with Crippen LogP contribution in [0.15, 0.2) is 60.7 Å². The Bertz CT molecular complexity index is 1250. The number of nitrogens with one attached hydrogen (secondary N) is 1. The number of carbonyl (C=O) groups is 1. The zero-order chi connectivity index (χ0) is 25.7. The van der Waals surface area contributed by atoms with Crippen molar-refractivity contribution in [2.24, 2.45) is 0 Å². The Balaban J connectivity index is 1.62. The fourth-order valence-electron chi connectivity index (χ4n) is 4.35. The van der Waals surface area contributed by atoms with Crippen molar-refractivity contribution in [2.75, 3.05) is 39.8 Å². The smallest absolute Gasteiger partial charge is 0.337 e. The van der Waals surface area contributed by atoms with E-state index < -0.39 is 0 Å². The molecule has 0 saturated heterocycles. The highest BCUT2D eigenvalue weighted by Crippen LogP contribution is 2.38. The van der Waals surface area contributed by atoms with Crippen LogP contribution in [0.5, 0.6) is 17.2 Å². The molecular weight excluding hydrogens is 476 g/mol. The third-order valence-electron chi connectivity index (χ3n) is 6.22. The Kier molecular flexibility index (Phi) is 7.95. The SMILES string of the molecule is COC(=O)c1ccc(OC[C@@H]2c3cc(OC)c(OC)cc3CCN2C(=S)Nc2cccc(C)c2)cc1. The summed E-state index contributed by atoms with van der Waals surface area (Å²) in [7, 11) is 4.63. The summed E-state index contributed by atoms with van der Waals surface area (Å²) in [6, 6.07) is 18.9. The van der Waals surface area contributed by atoms with Crippen LogP contribution in [0.3, 0.4) is 0 Å². The second-order valence-electron chi connectivity index (χ2n) is 8.49. The molecule has 8 heteroatoms. The number of benzene rings is 3. The minimum atomic E-state index is -0.387. The van der Waals surface area contributed by atoms with Crippen molar-refractivity contribution in [1.29, 1.82) is 0 Å². The largest absolute Gasteiger partial charge is 0.493 e. The molecule has 36 heavy (non-hydrogen) atoms. The summed E-state index contributed by atoms with van der Waals surface area (Å²) in [6.45, 7) is 3.11. The summed E-state index contributed by atoms with van der Waals surface area (Å²) in [5.74, 6) is 1.61. The van der Waals surface area contributed by atoms with Gasteiger partial charge in [-0.25, -0.2) is 4.79 Å². The number of hydrogen-bond acceptors (Lipinski definition) is 6. The van der Waals surface area contributed by atoms with Gasteiger partial charge in [0.2, 0.25) is 0 Å². The maximum absolute atomic E-state index is 11.8. The number of anilines is 1. The molecule has 188 valence electrons. The van der Waals surface area contributed by atoms with E-state index in [1.54, 1.807) is 38.5 Å². The van der Waals surface area contributed by atoms with Crippen LogP contribution in [-0.4, -0.2) is 50.5 Å². The summed E-state index contributed by atoms with van der Waals surface area (Å²) in [6.07, 6.45) is 0.801. The Hall–Kier alpha value is -3.78. The summed E-state index contributed by atoms with van der Waals surface area (Å²) in [5.41, 5.74) is 4.79. The van der Waals surface area contributed by atoms with Crippen molar-refractivity contribution in [3.8, 4) is 17.2 Å². The van der Waals surface area contributed by atoms with E-state index in [4.69, 9.17) is 31.2 Å². The van der Waals surface area contributed by atoms with E-state index in [0.717, 1.165) is 35.3 Å². The standard InChI is InChI=1S/C28H30N2O5S/c1-18-6-5-7-21(14-18)29-28(36)30-13-12-20-15-25(32-2)26(33-3)16-23(20)24(30)17-35-22-10-8-19(9-11-22)27(31)34-4/h5-11,14-16,24H,12-13,17H2,1-4H3,(H,29,36)/t24-/m1/s1. The monoisotopic (exact) mass is 506 g/mol. The lowest BCUT2D eigenvalue weighted by atomic mass is 9.92. The Morgan fingerprint density at radius 3 is 2.42 bits per heavy atom. The van der Waals surface area contributed by atoms with E-state index in [9.17, 15) is 4.79 Å². The van der Waals surface area contributed by atoms with Gasteiger partial charge in [-0.15, -0.1) is 0 Å². The molecule has 0 radical (unpaired) electrons. The number of fused-ring (bicyclic) bond motifs is 1. The Morgan fingerprint density at radius 1 is 1.03 bits per heavy atom. The first-order valence-electron chi connectivity index (χ1n) is 11.6. The predicted octanol–water partition coefficient (Wildman–Crippen LogP) is 5.17. The molecular formula is C28H30N2O5S. The van der Waals surface area contributed by atoms with Crippen LogP contribution in [0.4, 0.5) is 5.69 Å². The van der Waals surface area contributed by atoms with Crippen LogP contribution in [0.25, 0.3) is 0 Å². The zero-order valence-corrected chi connectivity index (χ0v) is 21.7. The zero-order valence-electron chi connectivity index (χ0n) is 20.9. The summed E-state index contributed by atoms with van der Waals surface area (Å²) in [5, 5.41) is 4.00. The van der Waals surface area contributed by atoms with Gasteiger partial charge in [-0.2, -0.15) is 0 Å². The molecule has 1 aliphatic rings. The molecule has 0 aromatic heterocycles. The fraction of sp³-hybridized carbons (Fsp3) is 0.286.